The SMILES string of the molecule is NCC1CC1c1ccc(-c2ccc(Cl)cc2)cc1. The van der Waals surface area contributed by atoms with E-state index in [-0.39, 0.29) is 0 Å². The van der Waals surface area contributed by atoms with Gasteiger partial charge in [-0.3, -0.25) is 0 Å². The van der Waals surface area contributed by atoms with Gasteiger partial charge in [0, 0.05) is 5.02 Å². The minimum Gasteiger partial charge on any atom is -0.330 e. The number of nitrogens with two attached hydrogens (primary N) is 1. The van der Waals surface area contributed by atoms with Crippen LogP contribution in [0, 0.1) is 5.92 Å². The van der Waals surface area contributed by atoms with Gasteiger partial charge in [0.1, 0.15) is 0 Å². The molecule has 0 radical (unpaired) electrons. The zero-order valence-corrected chi connectivity index (χ0v) is 10.9. The molecule has 1 aliphatic carbocycles. The lowest BCUT2D eigenvalue weighted by Gasteiger charge is -2.04. The van der Waals surface area contributed by atoms with Gasteiger partial charge < -0.3 is 5.73 Å². The van der Waals surface area contributed by atoms with Crippen LogP contribution in [0.2, 0.25) is 5.02 Å². The van der Waals surface area contributed by atoms with E-state index in [9.17, 15) is 0 Å². The molecule has 2 heteroatoms. The maximum absolute atomic E-state index is 5.89. The highest BCUT2D eigenvalue weighted by Crippen LogP contribution is 2.46. The van der Waals surface area contributed by atoms with Crippen molar-refractivity contribution >= 4 is 11.6 Å². The number of hydrogen-bond acceptors (Lipinski definition) is 1. The highest BCUT2D eigenvalue weighted by atomic mass is 35.5. The zero-order chi connectivity index (χ0) is 12.5. The first-order valence-electron chi connectivity index (χ1n) is 6.34. The van der Waals surface area contributed by atoms with Gasteiger partial charge in [0.05, 0.1) is 0 Å². The normalized spacial score (nSPS) is 21.9. The van der Waals surface area contributed by atoms with E-state index in [2.05, 4.69) is 36.4 Å². The quantitative estimate of drug-likeness (QED) is 0.881. The van der Waals surface area contributed by atoms with E-state index in [1.54, 1.807) is 0 Å². The first-order chi connectivity index (χ1) is 8.78. The van der Waals surface area contributed by atoms with Gasteiger partial charge in [-0.15, -0.1) is 0 Å². The Balaban J connectivity index is 1.81. The van der Waals surface area contributed by atoms with Crippen molar-refractivity contribution in [1.82, 2.24) is 0 Å². The lowest BCUT2D eigenvalue weighted by atomic mass is 10.0. The van der Waals surface area contributed by atoms with Crippen LogP contribution in [0.4, 0.5) is 0 Å². The lowest BCUT2D eigenvalue weighted by Crippen LogP contribution is -2.01. The van der Waals surface area contributed by atoms with Crippen molar-refractivity contribution in [3.8, 4) is 11.1 Å². The van der Waals surface area contributed by atoms with Gasteiger partial charge in [0.15, 0.2) is 0 Å². The topological polar surface area (TPSA) is 26.0 Å². The molecule has 2 aromatic carbocycles. The van der Waals surface area contributed by atoms with Crippen LogP contribution in [0.25, 0.3) is 11.1 Å². The second-order valence-electron chi connectivity index (χ2n) is 4.97. The van der Waals surface area contributed by atoms with Gasteiger partial charge in [-0.2, -0.15) is 0 Å². The Morgan fingerprint density at radius 2 is 1.50 bits per heavy atom. The molecule has 1 aliphatic rings. The minimum absolute atomic E-state index is 0.689. The summed E-state index contributed by atoms with van der Waals surface area (Å²) in [7, 11) is 0. The summed E-state index contributed by atoms with van der Waals surface area (Å²) in [6.45, 7) is 0.809. The fourth-order valence-corrected chi connectivity index (χ4v) is 2.61. The molecule has 0 aliphatic heterocycles. The van der Waals surface area contributed by atoms with Gasteiger partial charge in [-0.25, -0.2) is 0 Å². The Bertz CT molecular complexity index is 530. The molecule has 2 aromatic rings. The summed E-state index contributed by atoms with van der Waals surface area (Å²) in [5, 5.41) is 0.777. The maximum atomic E-state index is 5.89. The summed E-state index contributed by atoms with van der Waals surface area (Å²) >= 11 is 5.89. The van der Waals surface area contributed by atoms with Crippen LogP contribution in [0.1, 0.15) is 17.9 Å². The third kappa shape index (κ3) is 2.29. The highest BCUT2D eigenvalue weighted by Gasteiger charge is 2.36. The lowest BCUT2D eigenvalue weighted by molar-refractivity contribution is 0.810. The molecule has 3 rings (SSSR count). The predicted octanol–water partition coefficient (Wildman–Crippen LogP) is 4.07. The first kappa shape index (κ1) is 11.8. The average molecular weight is 258 g/mol. The van der Waals surface area contributed by atoms with E-state index in [0.717, 1.165) is 11.6 Å². The van der Waals surface area contributed by atoms with Crippen molar-refractivity contribution in [2.24, 2.45) is 11.7 Å². The molecule has 18 heavy (non-hydrogen) atoms. The Hall–Kier alpha value is -1.31. The monoisotopic (exact) mass is 257 g/mol. The van der Waals surface area contributed by atoms with Crippen molar-refractivity contribution in [1.29, 1.82) is 0 Å². The molecule has 1 nitrogen and oxygen atoms in total. The van der Waals surface area contributed by atoms with Crippen LogP contribution < -0.4 is 5.73 Å². The largest absolute Gasteiger partial charge is 0.330 e. The third-order valence-corrected chi connectivity index (χ3v) is 3.99. The van der Waals surface area contributed by atoms with Crippen molar-refractivity contribution in [2.75, 3.05) is 6.54 Å². The third-order valence-electron chi connectivity index (χ3n) is 3.74. The molecule has 2 atom stereocenters. The highest BCUT2D eigenvalue weighted by molar-refractivity contribution is 6.30. The number of halogens is 1. The van der Waals surface area contributed by atoms with E-state index in [1.165, 1.54) is 23.1 Å². The van der Waals surface area contributed by atoms with Gasteiger partial charge in [-0.05, 0) is 53.6 Å². The maximum Gasteiger partial charge on any atom is 0.0406 e. The van der Waals surface area contributed by atoms with E-state index < -0.39 is 0 Å². The van der Waals surface area contributed by atoms with Gasteiger partial charge >= 0.3 is 0 Å². The molecule has 0 saturated heterocycles. The van der Waals surface area contributed by atoms with Gasteiger partial charge in [0.2, 0.25) is 0 Å². The summed E-state index contributed by atoms with van der Waals surface area (Å²) in [6.07, 6.45) is 1.25. The second kappa shape index (κ2) is 4.75. The van der Waals surface area contributed by atoms with Crippen molar-refractivity contribution in [3.63, 3.8) is 0 Å². The molecule has 1 fully saturated rings. The summed E-state index contributed by atoms with van der Waals surface area (Å²) < 4.78 is 0. The summed E-state index contributed by atoms with van der Waals surface area (Å²) in [5.41, 5.74) is 9.55. The van der Waals surface area contributed by atoms with Crippen LogP contribution in [-0.2, 0) is 0 Å². The standard InChI is InChI=1S/C16H16ClN/c17-15-7-5-12(6-8-15)11-1-3-13(4-2-11)16-9-14(16)10-18/h1-8,14,16H,9-10,18H2. The van der Waals surface area contributed by atoms with Crippen molar-refractivity contribution < 1.29 is 0 Å². The number of benzene rings is 2. The summed E-state index contributed by atoms with van der Waals surface area (Å²) in [5.74, 6) is 1.39. The predicted molar refractivity (Wildman–Crippen MR) is 76.8 cm³/mol. The number of hydrogen-bond donors (Lipinski definition) is 1. The molecule has 0 bridgehead atoms. The fraction of sp³-hybridized carbons (Fsp3) is 0.250. The van der Waals surface area contributed by atoms with Crippen LogP contribution >= 0.6 is 11.6 Å². The van der Waals surface area contributed by atoms with E-state index >= 15 is 0 Å². The molecule has 2 unspecified atom stereocenters. The van der Waals surface area contributed by atoms with E-state index in [4.69, 9.17) is 17.3 Å². The summed E-state index contributed by atoms with van der Waals surface area (Å²) in [6, 6.07) is 16.8. The van der Waals surface area contributed by atoms with Gasteiger partial charge in [0.25, 0.3) is 0 Å². The Morgan fingerprint density at radius 3 is 2.00 bits per heavy atom. The minimum atomic E-state index is 0.689. The van der Waals surface area contributed by atoms with E-state index in [0.29, 0.717) is 11.8 Å². The smallest absolute Gasteiger partial charge is 0.0406 e. The molecular weight excluding hydrogens is 242 g/mol. The average Bonchev–Trinajstić information content (AvgIpc) is 3.19. The molecular formula is C16H16ClN. The van der Waals surface area contributed by atoms with Crippen LogP contribution in [0.15, 0.2) is 48.5 Å². The number of rotatable bonds is 3. The van der Waals surface area contributed by atoms with E-state index in [1.807, 2.05) is 12.1 Å². The van der Waals surface area contributed by atoms with Crippen LogP contribution in [-0.4, -0.2) is 6.54 Å². The van der Waals surface area contributed by atoms with Crippen molar-refractivity contribution in [2.45, 2.75) is 12.3 Å². The Morgan fingerprint density at radius 1 is 0.944 bits per heavy atom. The summed E-state index contributed by atoms with van der Waals surface area (Å²) in [4.78, 5) is 0. The molecule has 0 heterocycles. The van der Waals surface area contributed by atoms with Crippen LogP contribution in [0.3, 0.4) is 0 Å². The second-order valence-corrected chi connectivity index (χ2v) is 5.40. The first-order valence-corrected chi connectivity index (χ1v) is 6.71. The fourth-order valence-electron chi connectivity index (χ4n) is 2.48. The molecule has 0 spiro atoms. The zero-order valence-electron chi connectivity index (χ0n) is 10.1. The van der Waals surface area contributed by atoms with Gasteiger partial charge in [-0.1, -0.05) is 48.0 Å². The van der Waals surface area contributed by atoms with Crippen molar-refractivity contribution in [3.05, 3.63) is 59.1 Å². The molecule has 92 valence electrons. The molecule has 2 N–H and O–H groups in total. The van der Waals surface area contributed by atoms with Crippen LogP contribution in [0.5, 0.6) is 0 Å². The molecule has 0 amide bonds. The molecule has 0 aromatic heterocycles. The Kier molecular flexibility index (Phi) is 3.11. The Labute approximate surface area is 113 Å². The molecule has 1 saturated carbocycles.